The van der Waals surface area contributed by atoms with Crippen molar-refractivity contribution in [3.63, 3.8) is 0 Å². The molecule has 0 spiro atoms. The van der Waals surface area contributed by atoms with Gasteiger partial charge in [-0.05, 0) is 30.3 Å². The van der Waals surface area contributed by atoms with Crippen LogP contribution in [0.25, 0.3) is 0 Å². The van der Waals surface area contributed by atoms with Crippen molar-refractivity contribution >= 4 is 23.3 Å². The largest absolute Gasteiger partial charge is 0.418 e. The number of hydrogen-bond acceptors (Lipinski definition) is 3. The zero-order chi connectivity index (χ0) is 18.4. The monoisotopic (exact) mass is 352 g/mol. The number of benzene rings is 1. The van der Waals surface area contributed by atoms with Gasteiger partial charge in [0.1, 0.15) is 0 Å². The van der Waals surface area contributed by atoms with Crippen LogP contribution in [0.5, 0.6) is 0 Å². The van der Waals surface area contributed by atoms with E-state index < -0.39 is 29.4 Å². The molecule has 0 atom stereocenters. The van der Waals surface area contributed by atoms with Gasteiger partial charge in [-0.2, -0.15) is 13.2 Å². The Morgan fingerprint density at radius 3 is 2.48 bits per heavy atom. The highest BCUT2D eigenvalue weighted by Gasteiger charge is 2.34. The van der Waals surface area contributed by atoms with Gasteiger partial charge in [-0.15, -0.1) is 0 Å². The van der Waals surface area contributed by atoms with E-state index in [9.17, 15) is 22.8 Å². The number of pyridine rings is 1. The number of halogens is 3. The minimum Gasteiger partial charge on any atom is -0.332 e. The summed E-state index contributed by atoms with van der Waals surface area (Å²) in [5.41, 5.74) is -0.930. The van der Waals surface area contributed by atoms with Gasteiger partial charge in [-0.3, -0.25) is 9.78 Å². The smallest absolute Gasteiger partial charge is 0.332 e. The number of aromatic nitrogens is 1. The fourth-order valence-electron chi connectivity index (χ4n) is 2.01. The summed E-state index contributed by atoms with van der Waals surface area (Å²) in [6.07, 6.45) is -3.16. The molecule has 9 heteroatoms. The topological polar surface area (TPSA) is 83.1 Å². The van der Waals surface area contributed by atoms with Crippen molar-refractivity contribution in [1.29, 1.82) is 0 Å². The van der Waals surface area contributed by atoms with E-state index in [0.29, 0.717) is 5.69 Å². The molecule has 2 aromatic rings. The van der Waals surface area contributed by atoms with E-state index in [1.165, 1.54) is 19.2 Å². The maximum absolute atomic E-state index is 13.2. The van der Waals surface area contributed by atoms with Crippen LogP contribution in [0.1, 0.15) is 18.2 Å². The highest BCUT2D eigenvalue weighted by molar-refractivity contribution is 5.92. The quantitative estimate of drug-likeness (QED) is 0.789. The number of carbonyl (C=O) groups is 2. The van der Waals surface area contributed by atoms with E-state index in [0.717, 1.165) is 12.1 Å². The molecular weight excluding hydrogens is 337 g/mol. The Morgan fingerprint density at radius 1 is 1.12 bits per heavy atom. The van der Waals surface area contributed by atoms with Crippen LogP contribution in [0.3, 0.4) is 0 Å². The van der Waals surface area contributed by atoms with Gasteiger partial charge in [0, 0.05) is 18.8 Å². The number of amides is 3. The summed E-state index contributed by atoms with van der Waals surface area (Å²) in [5.74, 6) is -0.498. The summed E-state index contributed by atoms with van der Waals surface area (Å²) in [4.78, 5) is 26.8. The average molecular weight is 352 g/mol. The molecule has 3 amide bonds. The van der Waals surface area contributed by atoms with Crippen LogP contribution in [-0.2, 0) is 17.5 Å². The Bertz CT molecular complexity index is 764. The average Bonchev–Trinajstić information content (AvgIpc) is 2.54. The van der Waals surface area contributed by atoms with E-state index in [-0.39, 0.29) is 12.2 Å². The second-order valence-corrected chi connectivity index (χ2v) is 5.07. The number of carbonyl (C=O) groups excluding carboxylic acids is 2. The normalized spacial score (nSPS) is 10.9. The number of hydrogen-bond donors (Lipinski definition) is 3. The molecule has 6 nitrogen and oxygen atoms in total. The summed E-state index contributed by atoms with van der Waals surface area (Å²) in [6, 6.07) is 7.41. The number of alkyl halides is 3. The van der Waals surface area contributed by atoms with Crippen molar-refractivity contribution in [3.8, 4) is 0 Å². The fourth-order valence-corrected chi connectivity index (χ4v) is 2.01. The van der Waals surface area contributed by atoms with Gasteiger partial charge >= 0.3 is 12.2 Å². The number of rotatable bonds is 4. The molecule has 0 aliphatic heterocycles. The molecule has 0 bridgehead atoms. The van der Waals surface area contributed by atoms with Gasteiger partial charge in [0.05, 0.1) is 23.5 Å². The molecule has 1 heterocycles. The molecule has 0 fully saturated rings. The standard InChI is InChI=1S/C16H15F3N4O2/c1-10(24)22-11-5-6-14(13(8-11)16(17,18)19)23-15(25)21-9-12-4-2-3-7-20-12/h2-8H,9H2,1H3,(H,22,24)(H2,21,23,25). The van der Waals surface area contributed by atoms with Crippen LogP contribution in [-0.4, -0.2) is 16.9 Å². The minimum atomic E-state index is -4.70. The van der Waals surface area contributed by atoms with Crippen LogP contribution in [0.15, 0.2) is 42.6 Å². The summed E-state index contributed by atoms with van der Waals surface area (Å²) in [6.45, 7) is 1.25. The molecule has 0 saturated heterocycles. The highest BCUT2D eigenvalue weighted by Crippen LogP contribution is 2.36. The van der Waals surface area contributed by atoms with E-state index >= 15 is 0 Å². The van der Waals surface area contributed by atoms with Gasteiger partial charge in [0.25, 0.3) is 0 Å². The Kier molecular flexibility index (Phi) is 5.58. The Labute approximate surface area is 141 Å². The molecule has 0 radical (unpaired) electrons. The molecule has 1 aromatic heterocycles. The first kappa shape index (κ1) is 18.2. The predicted molar refractivity (Wildman–Crippen MR) is 85.8 cm³/mol. The fraction of sp³-hybridized carbons (Fsp3) is 0.188. The predicted octanol–water partition coefficient (Wildman–Crippen LogP) is 3.38. The van der Waals surface area contributed by atoms with Crippen LogP contribution >= 0.6 is 0 Å². The van der Waals surface area contributed by atoms with Crippen molar-refractivity contribution in [2.75, 3.05) is 10.6 Å². The first-order valence-corrected chi connectivity index (χ1v) is 7.19. The third-order valence-electron chi connectivity index (χ3n) is 3.05. The van der Waals surface area contributed by atoms with Gasteiger partial charge in [0.2, 0.25) is 5.91 Å². The van der Waals surface area contributed by atoms with Crippen molar-refractivity contribution in [1.82, 2.24) is 10.3 Å². The summed E-state index contributed by atoms with van der Waals surface area (Å²) >= 11 is 0. The maximum Gasteiger partial charge on any atom is 0.418 e. The highest BCUT2D eigenvalue weighted by atomic mass is 19.4. The third kappa shape index (κ3) is 5.48. The van der Waals surface area contributed by atoms with Crippen LogP contribution < -0.4 is 16.0 Å². The second kappa shape index (κ2) is 7.65. The minimum absolute atomic E-state index is 0.0146. The number of urea groups is 1. The number of anilines is 2. The summed E-state index contributed by atoms with van der Waals surface area (Å²) in [5, 5.41) is 6.85. The van der Waals surface area contributed by atoms with Crippen molar-refractivity contribution in [2.45, 2.75) is 19.6 Å². The van der Waals surface area contributed by atoms with Crippen molar-refractivity contribution in [3.05, 3.63) is 53.9 Å². The molecule has 2 rings (SSSR count). The van der Waals surface area contributed by atoms with E-state index in [2.05, 4.69) is 20.9 Å². The molecule has 1 aromatic carbocycles. The molecule has 25 heavy (non-hydrogen) atoms. The first-order valence-electron chi connectivity index (χ1n) is 7.19. The van der Waals surface area contributed by atoms with E-state index in [1.807, 2.05) is 0 Å². The second-order valence-electron chi connectivity index (χ2n) is 5.07. The zero-order valence-electron chi connectivity index (χ0n) is 13.1. The molecule has 0 unspecified atom stereocenters. The van der Waals surface area contributed by atoms with Crippen LogP contribution in [0.4, 0.5) is 29.3 Å². The summed E-state index contributed by atoms with van der Waals surface area (Å²) < 4.78 is 39.5. The number of nitrogens with one attached hydrogen (secondary N) is 3. The van der Waals surface area contributed by atoms with E-state index in [1.54, 1.807) is 18.2 Å². The number of nitrogens with zero attached hydrogens (tertiary/aromatic N) is 1. The third-order valence-corrected chi connectivity index (χ3v) is 3.05. The molecule has 3 N–H and O–H groups in total. The van der Waals surface area contributed by atoms with Gasteiger partial charge in [0.15, 0.2) is 0 Å². The molecule has 0 aliphatic carbocycles. The van der Waals surface area contributed by atoms with Gasteiger partial charge in [-0.25, -0.2) is 4.79 Å². The SMILES string of the molecule is CC(=O)Nc1ccc(NC(=O)NCc2ccccn2)c(C(F)(F)F)c1. The lowest BCUT2D eigenvalue weighted by atomic mass is 10.1. The Morgan fingerprint density at radius 2 is 1.88 bits per heavy atom. The molecular formula is C16H15F3N4O2. The lowest BCUT2D eigenvalue weighted by Crippen LogP contribution is -2.29. The van der Waals surface area contributed by atoms with Crippen LogP contribution in [0, 0.1) is 0 Å². The lowest BCUT2D eigenvalue weighted by molar-refractivity contribution is -0.137. The first-order chi connectivity index (χ1) is 11.8. The Hall–Kier alpha value is -3.10. The van der Waals surface area contributed by atoms with Gasteiger partial charge in [-0.1, -0.05) is 6.07 Å². The molecule has 0 aliphatic rings. The lowest BCUT2D eigenvalue weighted by Gasteiger charge is -2.16. The van der Waals surface area contributed by atoms with Crippen molar-refractivity contribution in [2.24, 2.45) is 0 Å². The van der Waals surface area contributed by atoms with E-state index in [4.69, 9.17) is 0 Å². The molecule has 132 valence electrons. The maximum atomic E-state index is 13.2. The zero-order valence-corrected chi connectivity index (χ0v) is 13.1. The Balaban J connectivity index is 2.11. The van der Waals surface area contributed by atoms with Crippen LogP contribution in [0.2, 0.25) is 0 Å². The van der Waals surface area contributed by atoms with Crippen molar-refractivity contribution < 1.29 is 22.8 Å². The van der Waals surface area contributed by atoms with Gasteiger partial charge < -0.3 is 16.0 Å². The summed E-state index contributed by atoms with van der Waals surface area (Å²) in [7, 11) is 0. The molecule has 0 saturated carbocycles.